The van der Waals surface area contributed by atoms with Crippen molar-refractivity contribution < 1.29 is 0 Å². The number of hydrogen-bond acceptors (Lipinski definition) is 4. The van der Waals surface area contributed by atoms with Crippen molar-refractivity contribution in [1.29, 1.82) is 0 Å². The lowest BCUT2D eigenvalue weighted by Crippen LogP contribution is -2.46. The first-order valence-corrected chi connectivity index (χ1v) is 9.29. The Morgan fingerprint density at radius 3 is 2.67 bits per heavy atom. The van der Waals surface area contributed by atoms with E-state index in [9.17, 15) is 0 Å². The highest BCUT2D eigenvalue weighted by Crippen LogP contribution is 2.28. The van der Waals surface area contributed by atoms with Crippen molar-refractivity contribution in [2.45, 2.75) is 44.7 Å². The Morgan fingerprint density at radius 1 is 1.08 bits per heavy atom. The molecule has 1 saturated heterocycles. The van der Waals surface area contributed by atoms with Gasteiger partial charge < -0.3 is 10.2 Å². The third-order valence-corrected chi connectivity index (χ3v) is 5.58. The fraction of sp³-hybridized carbons (Fsp3) is 0.579. The van der Waals surface area contributed by atoms with Gasteiger partial charge in [-0.05, 0) is 63.4 Å². The number of rotatable bonds is 6. The third kappa shape index (κ3) is 3.52. The first-order chi connectivity index (χ1) is 11.9. The summed E-state index contributed by atoms with van der Waals surface area (Å²) in [4.78, 5) is 7.20. The van der Waals surface area contributed by atoms with Crippen LogP contribution in [0, 0.1) is 5.92 Å². The van der Waals surface area contributed by atoms with Crippen molar-refractivity contribution in [1.82, 2.24) is 25.0 Å². The molecule has 1 saturated carbocycles. The SMILES string of the molecule is c1cnc(-n2cccn2)c(CNCC2CCN(C3CCC3)CC2)c1. The minimum Gasteiger partial charge on any atom is -0.312 e. The van der Waals surface area contributed by atoms with E-state index >= 15 is 0 Å². The Labute approximate surface area is 144 Å². The Bertz CT molecular complexity index is 627. The molecule has 0 aromatic carbocycles. The summed E-state index contributed by atoms with van der Waals surface area (Å²) in [5, 5.41) is 7.95. The summed E-state index contributed by atoms with van der Waals surface area (Å²) in [6, 6.07) is 6.98. The first-order valence-electron chi connectivity index (χ1n) is 9.29. The Hall–Kier alpha value is -1.72. The van der Waals surface area contributed by atoms with E-state index in [0.29, 0.717) is 0 Å². The third-order valence-electron chi connectivity index (χ3n) is 5.58. The molecule has 5 nitrogen and oxygen atoms in total. The van der Waals surface area contributed by atoms with Gasteiger partial charge in [-0.2, -0.15) is 5.10 Å². The molecule has 3 heterocycles. The van der Waals surface area contributed by atoms with Gasteiger partial charge in [-0.25, -0.2) is 9.67 Å². The quantitative estimate of drug-likeness (QED) is 0.887. The predicted molar refractivity (Wildman–Crippen MR) is 95.0 cm³/mol. The molecular formula is C19H27N5. The Kier molecular flexibility index (Phi) is 4.90. The predicted octanol–water partition coefficient (Wildman–Crippen LogP) is 2.62. The molecule has 2 fully saturated rings. The van der Waals surface area contributed by atoms with Gasteiger partial charge in [-0.1, -0.05) is 12.5 Å². The molecule has 128 valence electrons. The minimum atomic E-state index is 0.811. The zero-order valence-electron chi connectivity index (χ0n) is 14.3. The lowest BCUT2D eigenvalue weighted by Gasteiger charge is -2.41. The van der Waals surface area contributed by atoms with E-state index < -0.39 is 0 Å². The van der Waals surface area contributed by atoms with Crippen LogP contribution in [0.15, 0.2) is 36.8 Å². The topological polar surface area (TPSA) is 46.0 Å². The van der Waals surface area contributed by atoms with Crippen molar-refractivity contribution in [3.05, 3.63) is 42.4 Å². The smallest absolute Gasteiger partial charge is 0.157 e. The fourth-order valence-corrected chi connectivity index (χ4v) is 3.85. The lowest BCUT2D eigenvalue weighted by molar-refractivity contribution is 0.0844. The number of piperidine rings is 1. The van der Waals surface area contributed by atoms with Gasteiger partial charge in [0.1, 0.15) is 0 Å². The number of nitrogens with one attached hydrogen (secondary N) is 1. The maximum atomic E-state index is 4.49. The fourth-order valence-electron chi connectivity index (χ4n) is 3.85. The molecule has 2 aromatic rings. The second kappa shape index (κ2) is 7.45. The highest BCUT2D eigenvalue weighted by Gasteiger charge is 2.28. The molecule has 0 bridgehead atoms. The van der Waals surface area contributed by atoms with E-state index in [2.05, 4.69) is 26.4 Å². The number of likely N-dealkylation sites (tertiary alicyclic amines) is 1. The zero-order chi connectivity index (χ0) is 16.2. The zero-order valence-corrected chi connectivity index (χ0v) is 14.3. The van der Waals surface area contributed by atoms with Crippen LogP contribution in [0.25, 0.3) is 5.82 Å². The van der Waals surface area contributed by atoms with Gasteiger partial charge in [0.15, 0.2) is 5.82 Å². The van der Waals surface area contributed by atoms with E-state index in [1.807, 2.05) is 29.2 Å². The van der Waals surface area contributed by atoms with Crippen LogP contribution in [0.2, 0.25) is 0 Å². The summed E-state index contributed by atoms with van der Waals surface area (Å²) in [6.07, 6.45) is 12.5. The number of hydrogen-bond donors (Lipinski definition) is 1. The lowest BCUT2D eigenvalue weighted by atomic mass is 9.88. The summed E-state index contributed by atoms with van der Waals surface area (Å²) in [6.45, 7) is 4.54. The summed E-state index contributed by atoms with van der Waals surface area (Å²) in [5.74, 6) is 1.74. The molecular weight excluding hydrogens is 298 g/mol. The van der Waals surface area contributed by atoms with Gasteiger partial charge in [-0.3, -0.25) is 0 Å². The standard InChI is InChI=1S/C19H27N5/c1-5-18(6-1)23-12-7-16(8-13-23)14-20-15-17-4-2-9-21-19(17)24-11-3-10-22-24/h2-4,9-11,16,18,20H,1,5-8,12-15H2. The van der Waals surface area contributed by atoms with E-state index in [1.165, 1.54) is 50.8 Å². The van der Waals surface area contributed by atoms with Crippen LogP contribution >= 0.6 is 0 Å². The number of pyridine rings is 1. The number of nitrogens with zero attached hydrogens (tertiary/aromatic N) is 4. The van der Waals surface area contributed by atoms with Crippen LogP contribution < -0.4 is 5.32 Å². The summed E-state index contributed by atoms with van der Waals surface area (Å²) >= 11 is 0. The van der Waals surface area contributed by atoms with E-state index in [0.717, 1.165) is 30.9 Å². The van der Waals surface area contributed by atoms with Crippen molar-refractivity contribution in [2.24, 2.45) is 5.92 Å². The van der Waals surface area contributed by atoms with Gasteiger partial charge in [0, 0.05) is 36.7 Å². The van der Waals surface area contributed by atoms with Gasteiger partial charge in [0.25, 0.3) is 0 Å². The van der Waals surface area contributed by atoms with Crippen molar-refractivity contribution in [3.8, 4) is 5.82 Å². The second-order valence-electron chi connectivity index (χ2n) is 7.13. The summed E-state index contributed by atoms with van der Waals surface area (Å²) < 4.78 is 1.84. The van der Waals surface area contributed by atoms with Crippen molar-refractivity contribution in [3.63, 3.8) is 0 Å². The average Bonchev–Trinajstić information content (AvgIpc) is 3.10. The van der Waals surface area contributed by atoms with Gasteiger partial charge in [-0.15, -0.1) is 0 Å². The molecule has 0 atom stereocenters. The molecule has 1 N–H and O–H groups in total. The summed E-state index contributed by atoms with van der Waals surface area (Å²) in [7, 11) is 0. The van der Waals surface area contributed by atoms with Gasteiger partial charge in [0.05, 0.1) is 0 Å². The molecule has 1 aliphatic heterocycles. The molecule has 4 rings (SSSR count). The maximum absolute atomic E-state index is 4.49. The van der Waals surface area contributed by atoms with Crippen molar-refractivity contribution in [2.75, 3.05) is 19.6 Å². The van der Waals surface area contributed by atoms with Crippen LogP contribution in [-0.4, -0.2) is 45.3 Å². The summed E-state index contributed by atoms with van der Waals surface area (Å²) in [5.41, 5.74) is 1.20. The molecule has 0 unspecified atom stereocenters. The van der Waals surface area contributed by atoms with Crippen LogP contribution in [-0.2, 0) is 6.54 Å². The Balaban J connectivity index is 1.26. The molecule has 0 radical (unpaired) electrons. The van der Waals surface area contributed by atoms with Crippen LogP contribution in [0.5, 0.6) is 0 Å². The molecule has 5 heteroatoms. The molecule has 0 amide bonds. The average molecular weight is 325 g/mol. The van der Waals surface area contributed by atoms with Crippen LogP contribution in [0.1, 0.15) is 37.7 Å². The van der Waals surface area contributed by atoms with Crippen LogP contribution in [0.4, 0.5) is 0 Å². The maximum Gasteiger partial charge on any atom is 0.157 e. The molecule has 24 heavy (non-hydrogen) atoms. The highest BCUT2D eigenvalue weighted by atomic mass is 15.3. The first kappa shape index (κ1) is 15.8. The molecule has 0 spiro atoms. The largest absolute Gasteiger partial charge is 0.312 e. The second-order valence-corrected chi connectivity index (χ2v) is 7.13. The van der Waals surface area contributed by atoms with E-state index in [-0.39, 0.29) is 0 Å². The molecule has 2 aliphatic rings. The molecule has 2 aromatic heterocycles. The Morgan fingerprint density at radius 2 is 1.96 bits per heavy atom. The monoisotopic (exact) mass is 325 g/mol. The minimum absolute atomic E-state index is 0.811. The molecule has 1 aliphatic carbocycles. The number of aromatic nitrogens is 3. The van der Waals surface area contributed by atoms with Gasteiger partial charge in [0.2, 0.25) is 0 Å². The normalized spacial score (nSPS) is 20.2. The highest BCUT2D eigenvalue weighted by molar-refractivity contribution is 5.32. The van der Waals surface area contributed by atoms with Crippen molar-refractivity contribution >= 4 is 0 Å². The van der Waals surface area contributed by atoms with E-state index in [4.69, 9.17) is 0 Å². The van der Waals surface area contributed by atoms with Crippen LogP contribution in [0.3, 0.4) is 0 Å². The van der Waals surface area contributed by atoms with Gasteiger partial charge >= 0.3 is 0 Å². The van der Waals surface area contributed by atoms with E-state index in [1.54, 1.807) is 6.20 Å².